The lowest BCUT2D eigenvalue weighted by Crippen LogP contribution is -2.38. The third kappa shape index (κ3) is 1.92. The van der Waals surface area contributed by atoms with E-state index in [0.717, 1.165) is 23.7 Å². The van der Waals surface area contributed by atoms with Crippen molar-refractivity contribution in [3.8, 4) is 0 Å². The largest absolute Gasteiger partial charge is 0.0654 e. The molecule has 0 radical (unpaired) electrons. The van der Waals surface area contributed by atoms with Gasteiger partial charge in [-0.3, -0.25) is 0 Å². The Hall–Kier alpha value is 0. The van der Waals surface area contributed by atoms with Gasteiger partial charge in [0.2, 0.25) is 0 Å². The summed E-state index contributed by atoms with van der Waals surface area (Å²) in [6.07, 6.45) is 10.6. The van der Waals surface area contributed by atoms with Crippen molar-refractivity contribution in [2.75, 3.05) is 0 Å². The highest BCUT2D eigenvalue weighted by molar-refractivity contribution is 4.90. The van der Waals surface area contributed by atoms with Crippen molar-refractivity contribution in [2.45, 2.75) is 58.8 Å². The molecule has 76 valence electrons. The molecule has 0 spiro atoms. The van der Waals surface area contributed by atoms with Crippen molar-refractivity contribution in [2.24, 2.45) is 23.7 Å². The molecular formula is C13H24. The third-order valence-corrected chi connectivity index (χ3v) is 4.51. The van der Waals surface area contributed by atoms with E-state index < -0.39 is 0 Å². The van der Waals surface area contributed by atoms with Crippen LogP contribution in [0, 0.1) is 23.7 Å². The summed E-state index contributed by atoms with van der Waals surface area (Å²) in [5.74, 6) is 4.43. The molecule has 2 rings (SSSR count). The van der Waals surface area contributed by atoms with Crippen LogP contribution >= 0.6 is 0 Å². The molecule has 2 saturated carbocycles. The zero-order valence-corrected chi connectivity index (χ0v) is 9.26. The maximum absolute atomic E-state index is 2.49. The Kier molecular flexibility index (Phi) is 2.96. The van der Waals surface area contributed by atoms with Crippen molar-refractivity contribution < 1.29 is 0 Å². The van der Waals surface area contributed by atoms with Gasteiger partial charge in [0.25, 0.3) is 0 Å². The molecule has 0 heteroatoms. The van der Waals surface area contributed by atoms with Gasteiger partial charge in [-0.15, -0.1) is 0 Å². The first-order valence-corrected chi connectivity index (χ1v) is 6.31. The SMILES string of the molecule is CCCCC1CC(C)C2CCC2C1. The quantitative estimate of drug-likeness (QED) is 0.609. The van der Waals surface area contributed by atoms with Gasteiger partial charge < -0.3 is 0 Å². The van der Waals surface area contributed by atoms with Gasteiger partial charge in [-0.05, 0) is 49.4 Å². The number of hydrogen-bond donors (Lipinski definition) is 0. The monoisotopic (exact) mass is 180 g/mol. The van der Waals surface area contributed by atoms with Crippen LogP contribution in [0.3, 0.4) is 0 Å². The summed E-state index contributed by atoms with van der Waals surface area (Å²) in [5, 5.41) is 0. The molecule has 4 atom stereocenters. The van der Waals surface area contributed by atoms with Crippen molar-refractivity contribution >= 4 is 0 Å². The molecule has 0 bridgehead atoms. The second-order valence-electron chi connectivity index (χ2n) is 5.46. The highest BCUT2D eigenvalue weighted by atomic mass is 14.5. The molecule has 0 amide bonds. The highest BCUT2D eigenvalue weighted by Crippen LogP contribution is 2.50. The van der Waals surface area contributed by atoms with Crippen molar-refractivity contribution in [3.05, 3.63) is 0 Å². The van der Waals surface area contributed by atoms with Gasteiger partial charge in [-0.1, -0.05) is 33.1 Å². The van der Waals surface area contributed by atoms with Crippen molar-refractivity contribution in [3.63, 3.8) is 0 Å². The molecule has 2 aliphatic rings. The van der Waals surface area contributed by atoms with Crippen molar-refractivity contribution in [1.29, 1.82) is 0 Å². The smallest absolute Gasteiger partial charge is 0.0360 e. The van der Waals surface area contributed by atoms with Crippen LogP contribution in [0.15, 0.2) is 0 Å². The van der Waals surface area contributed by atoms with Gasteiger partial charge >= 0.3 is 0 Å². The first-order valence-electron chi connectivity index (χ1n) is 6.31. The maximum Gasteiger partial charge on any atom is -0.0360 e. The summed E-state index contributed by atoms with van der Waals surface area (Å²) in [4.78, 5) is 0. The topological polar surface area (TPSA) is 0 Å². The number of hydrogen-bond acceptors (Lipinski definition) is 0. The van der Waals surface area contributed by atoms with Crippen LogP contribution in [0.25, 0.3) is 0 Å². The van der Waals surface area contributed by atoms with Gasteiger partial charge in [0, 0.05) is 0 Å². The Bertz CT molecular complexity index is 153. The van der Waals surface area contributed by atoms with E-state index in [1.165, 1.54) is 19.3 Å². The minimum atomic E-state index is 1.05. The molecule has 4 unspecified atom stereocenters. The lowest BCUT2D eigenvalue weighted by atomic mass is 9.58. The summed E-state index contributed by atoms with van der Waals surface area (Å²) in [5.41, 5.74) is 0. The molecule has 0 aromatic rings. The van der Waals surface area contributed by atoms with E-state index in [1.54, 1.807) is 25.7 Å². The number of fused-ring (bicyclic) bond motifs is 1. The second kappa shape index (κ2) is 4.02. The Morgan fingerprint density at radius 3 is 2.54 bits per heavy atom. The van der Waals surface area contributed by atoms with E-state index in [1.807, 2.05) is 0 Å². The summed E-state index contributed by atoms with van der Waals surface area (Å²) in [6, 6.07) is 0. The zero-order chi connectivity index (χ0) is 9.26. The standard InChI is InChI=1S/C13H24/c1-3-4-5-11-8-10(2)13-7-6-12(13)9-11/h10-13H,3-9H2,1-2H3. The minimum absolute atomic E-state index is 1.05. The van der Waals surface area contributed by atoms with Crippen LogP contribution in [-0.4, -0.2) is 0 Å². The van der Waals surface area contributed by atoms with E-state index in [-0.39, 0.29) is 0 Å². The van der Waals surface area contributed by atoms with Crippen LogP contribution in [-0.2, 0) is 0 Å². The first-order chi connectivity index (χ1) is 6.31. The van der Waals surface area contributed by atoms with Crippen molar-refractivity contribution in [1.82, 2.24) is 0 Å². The van der Waals surface area contributed by atoms with Gasteiger partial charge in [0.15, 0.2) is 0 Å². The van der Waals surface area contributed by atoms with Gasteiger partial charge in [0.1, 0.15) is 0 Å². The normalized spacial score (nSPS) is 43.8. The van der Waals surface area contributed by atoms with Gasteiger partial charge in [-0.2, -0.15) is 0 Å². The van der Waals surface area contributed by atoms with E-state index in [9.17, 15) is 0 Å². The lowest BCUT2D eigenvalue weighted by Gasteiger charge is -2.48. The Labute approximate surface area is 83.1 Å². The fraction of sp³-hybridized carbons (Fsp3) is 1.00. The average Bonchev–Trinajstić information content (AvgIpc) is 2.05. The fourth-order valence-corrected chi connectivity index (χ4v) is 3.59. The van der Waals surface area contributed by atoms with Crippen LogP contribution in [0.5, 0.6) is 0 Å². The van der Waals surface area contributed by atoms with E-state index >= 15 is 0 Å². The predicted molar refractivity (Wildman–Crippen MR) is 57.6 cm³/mol. The average molecular weight is 180 g/mol. The summed E-state index contributed by atoms with van der Waals surface area (Å²) in [6.45, 7) is 4.81. The highest BCUT2D eigenvalue weighted by Gasteiger charge is 2.40. The Morgan fingerprint density at radius 1 is 1.15 bits per heavy atom. The second-order valence-corrected chi connectivity index (χ2v) is 5.46. The predicted octanol–water partition coefficient (Wildman–Crippen LogP) is 4.25. The van der Waals surface area contributed by atoms with Gasteiger partial charge in [0.05, 0.1) is 0 Å². The maximum atomic E-state index is 2.49. The summed E-state index contributed by atoms with van der Waals surface area (Å²) in [7, 11) is 0. The molecule has 0 aromatic heterocycles. The van der Waals surface area contributed by atoms with Crippen LogP contribution in [0.4, 0.5) is 0 Å². The van der Waals surface area contributed by atoms with Gasteiger partial charge in [-0.25, -0.2) is 0 Å². The third-order valence-electron chi connectivity index (χ3n) is 4.51. The molecule has 0 aromatic carbocycles. The summed E-state index contributed by atoms with van der Waals surface area (Å²) < 4.78 is 0. The molecule has 2 fully saturated rings. The Balaban J connectivity index is 1.80. The van der Waals surface area contributed by atoms with E-state index in [2.05, 4.69) is 13.8 Å². The number of unbranched alkanes of at least 4 members (excludes halogenated alkanes) is 1. The summed E-state index contributed by atoms with van der Waals surface area (Å²) >= 11 is 0. The molecule has 2 aliphatic carbocycles. The van der Waals surface area contributed by atoms with Crippen LogP contribution in [0.2, 0.25) is 0 Å². The van der Waals surface area contributed by atoms with Crippen LogP contribution in [0.1, 0.15) is 58.8 Å². The van der Waals surface area contributed by atoms with E-state index in [4.69, 9.17) is 0 Å². The fourth-order valence-electron chi connectivity index (χ4n) is 3.59. The molecule has 0 saturated heterocycles. The lowest BCUT2D eigenvalue weighted by molar-refractivity contribution is 0.0263. The molecule has 0 N–H and O–H groups in total. The number of rotatable bonds is 3. The molecule has 13 heavy (non-hydrogen) atoms. The minimum Gasteiger partial charge on any atom is -0.0654 e. The Morgan fingerprint density at radius 2 is 2.00 bits per heavy atom. The zero-order valence-electron chi connectivity index (χ0n) is 9.26. The molecular weight excluding hydrogens is 156 g/mol. The molecule has 0 aliphatic heterocycles. The molecule has 0 heterocycles. The molecule has 0 nitrogen and oxygen atoms in total. The van der Waals surface area contributed by atoms with Crippen LogP contribution < -0.4 is 0 Å². The first kappa shape index (κ1) is 9.55. The van der Waals surface area contributed by atoms with E-state index in [0.29, 0.717) is 0 Å².